The van der Waals surface area contributed by atoms with Crippen molar-refractivity contribution in [3.63, 3.8) is 0 Å². The van der Waals surface area contributed by atoms with E-state index >= 15 is 0 Å². The summed E-state index contributed by atoms with van der Waals surface area (Å²) >= 11 is 1.57. The molecule has 5 nitrogen and oxygen atoms in total. The van der Waals surface area contributed by atoms with Crippen LogP contribution in [0.5, 0.6) is 5.75 Å². The van der Waals surface area contributed by atoms with Crippen LogP contribution in [-0.2, 0) is 0 Å². The van der Waals surface area contributed by atoms with Crippen LogP contribution in [-0.4, -0.2) is 40.8 Å². The molecule has 6 heteroatoms. The zero-order valence-corrected chi connectivity index (χ0v) is 16.7. The van der Waals surface area contributed by atoms with E-state index in [2.05, 4.69) is 4.98 Å². The van der Waals surface area contributed by atoms with Crippen molar-refractivity contribution in [3.05, 3.63) is 72.1 Å². The molecule has 27 heavy (non-hydrogen) atoms. The summed E-state index contributed by atoms with van der Waals surface area (Å²) in [5.74, 6) is 0.738. The van der Waals surface area contributed by atoms with Gasteiger partial charge in [-0.1, -0.05) is 36.0 Å². The Labute approximate surface area is 164 Å². The number of ether oxygens (including phenoxy) is 1. The highest BCUT2D eigenvalue weighted by Gasteiger charge is 2.21. The van der Waals surface area contributed by atoms with Gasteiger partial charge >= 0.3 is 0 Å². The molecule has 0 N–H and O–H groups in total. The first-order valence-electron chi connectivity index (χ1n) is 8.64. The lowest BCUT2D eigenvalue weighted by Crippen LogP contribution is -2.30. The standard InChI is InChI=1S/C21H23N3O2S/c1-15(18-10-5-6-11-19(18)26-3)23(2)20(25)16-8-7-9-17(14-16)24-13-12-22-21(24)27-4/h5-15H,1-4H3. The van der Waals surface area contributed by atoms with E-state index < -0.39 is 0 Å². The first-order valence-corrected chi connectivity index (χ1v) is 9.87. The first-order chi connectivity index (χ1) is 13.1. The van der Waals surface area contributed by atoms with E-state index in [-0.39, 0.29) is 11.9 Å². The smallest absolute Gasteiger partial charge is 0.254 e. The van der Waals surface area contributed by atoms with Crippen LogP contribution in [0.15, 0.2) is 66.1 Å². The lowest BCUT2D eigenvalue weighted by molar-refractivity contribution is 0.0741. The minimum Gasteiger partial charge on any atom is -0.496 e. The molecule has 1 heterocycles. The lowest BCUT2D eigenvalue weighted by atomic mass is 10.0. The van der Waals surface area contributed by atoms with Crippen LogP contribution in [0.3, 0.4) is 0 Å². The van der Waals surface area contributed by atoms with Gasteiger partial charge in [0.05, 0.1) is 13.2 Å². The Morgan fingerprint density at radius 1 is 1.22 bits per heavy atom. The third-order valence-electron chi connectivity index (χ3n) is 4.65. The second-order valence-electron chi connectivity index (χ2n) is 6.17. The fraction of sp³-hybridized carbons (Fsp3) is 0.238. The molecule has 2 aromatic carbocycles. The summed E-state index contributed by atoms with van der Waals surface area (Å²) < 4.78 is 7.42. The van der Waals surface area contributed by atoms with Gasteiger partial charge in [0.25, 0.3) is 5.91 Å². The third kappa shape index (κ3) is 3.85. The average molecular weight is 382 g/mol. The van der Waals surface area contributed by atoms with E-state index in [1.807, 2.05) is 79.5 Å². The van der Waals surface area contributed by atoms with Crippen LogP contribution in [0, 0.1) is 0 Å². The number of carbonyl (C=O) groups is 1. The number of imidazole rings is 1. The second kappa shape index (κ2) is 8.31. The van der Waals surface area contributed by atoms with Gasteiger partial charge in [0, 0.05) is 36.3 Å². The average Bonchev–Trinajstić information content (AvgIpc) is 3.21. The van der Waals surface area contributed by atoms with E-state index in [1.165, 1.54) is 0 Å². The molecule has 0 aliphatic heterocycles. The molecule has 1 atom stereocenters. The molecule has 0 spiro atoms. The molecule has 3 rings (SSSR count). The first kappa shape index (κ1) is 19.0. The van der Waals surface area contributed by atoms with Crippen molar-refractivity contribution in [3.8, 4) is 11.4 Å². The highest BCUT2D eigenvalue weighted by molar-refractivity contribution is 7.98. The minimum absolute atomic E-state index is 0.0407. The van der Waals surface area contributed by atoms with Crippen LogP contribution >= 0.6 is 11.8 Å². The van der Waals surface area contributed by atoms with Crippen LogP contribution < -0.4 is 4.74 Å². The number of amides is 1. The van der Waals surface area contributed by atoms with E-state index in [1.54, 1.807) is 30.0 Å². The molecule has 0 aliphatic carbocycles. The maximum absolute atomic E-state index is 13.1. The Morgan fingerprint density at radius 3 is 2.74 bits per heavy atom. The molecular formula is C21H23N3O2S. The zero-order valence-electron chi connectivity index (χ0n) is 15.9. The van der Waals surface area contributed by atoms with E-state index in [0.29, 0.717) is 5.56 Å². The van der Waals surface area contributed by atoms with E-state index in [0.717, 1.165) is 22.2 Å². The molecule has 0 saturated heterocycles. The van der Waals surface area contributed by atoms with Gasteiger partial charge < -0.3 is 9.64 Å². The highest BCUT2D eigenvalue weighted by Crippen LogP contribution is 2.29. The van der Waals surface area contributed by atoms with Gasteiger partial charge in [-0.05, 0) is 37.4 Å². The van der Waals surface area contributed by atoms with Gasteiger partial charge in [0.15, 0.2) is 5.16 Å². The maximum atomic E-state index is 13.1. The summed E-state index contributed by atoms with van der Waals surface area (Å²) in [6, 6.07) is 15.3. The number of para-hydroxylation sites is 1. The van der Waals surface area contributed by atoms with Gasteiger partial charge in [-0.25, -0.2) is 4.98 Å². The van der Waals surface area contributed by atoms with Crippen molar-refractivity contribution in [2.75, 3.05) is 20.4 Å². The van der Waals surface area contributed by atoms with Crippen LogP contribution in [0.1, 0.15) is 28.9 Å². The molecule has 1 aromatic heterocycles. The molecule has 1 amide bonds. The number of aromatic nitrogens is 2. The summed E-state index contributed by atoms with van der Waals surface area (Å²) in [4.78, 5) is 19.2. The summed E-state index contributed by atoms with van der Waals surface area (Å²) in [6.45, 7) is 2.00. The molecule has 0 saturated carbocycles. The predicted molar refractivity (Wildman–Crippen MR) is 109 cm³/mol. The zero-order chi connectivity index (χ0) is 19.4. The second-order valence-corrected chi connectivity index (χ2v) is 6.94. The number of thioether (sulfide) groups is 1. The number of methoxy groups -OCH3 is 1. The van der Waals surface area contributed by atoms with Crippen molar-refractivity contribution in [1.82, 2.24) is 14.5 Å². The summed E-state index contributed by atoms with van der Waals surface area (Å²) in [5, 5.41) is 0.885. The van der Waals surface area contributed by atoms with Gasteiger partial charge in [0.1, 0.15) is 5.75 Å². The number of hydrogen-bond donors (Lipinski definition) is 0. The van der Waals surface area contributed by atoms with E-state index in [4.69, 9.17) is 4.74 Å². The number of rotatable bonds is 6. The largest absolute Gasteiger partial charge is 0.496 e. The molecule has 0 radical (unpaired) electrons. The fourth-order valence-corrected chi connectivity index (χ4v) is 3.56. The number of hydrogen-bond acceptors (Lipinski definition) is 4. The monoisotopic (exact) mass is 381 g/mol. The van der Waals surface area contributed by atoms with Crippen molar-refractivity contribution < 1.29 is 9.53 Å². The molecule has 0 aliphatic rings. The van der Waals surface area contributed by atoms with Crippen molar-refractivity contribution in [2.45, 2.75) is 18.1 Å². The molecule has 1 unspecified atom stereocenters. The molecule has 0 fully saturated rings. The summed E-state index contributed by atoms with van der Waals surface area (Å²) in [5.41, 5.74) is 2.53. The van der Waals surface area contributed by atoms with Crippen LogP contribution in [0.25, 0.3) is 5.69 Å². The minimum atomic E-state index is -0.118. The van der Waals surface area contributed by atoms with Gasteiger partial charge in [-0.2, -0.15) is 0 Å². The maximum Gasteiger partial charge on any atom is 0.254 e. The molecule has 3 aromatic rings. The molecule has 0 bridgehead atoms. The Balaban J connectivity index is 1.88. The Bertz CT molecular complexity index is 938. The van der Waals surface area contributed by atoms with Crippen molar-refractivity contribution >= 4 is 17.7 Å². The Morgan fingerprint density at radius 2 is 2.00 bits per heavy atom. The SMILES string of the molecule is COc1ccccc1C(C)N(C)C(=O)c1cccc(-n2ccnc2SC)c1. The third-order valence-corrected chi connectivity index (χ3v) is 5.32. The normalized spacial score (nSPS) is 11.9. The molecular weight excluding hydrogens is 358 g/mol. The fourth-order valence-electron chi connectivity index (χ4n) is 3.03. The van der Waals surface area contributed by atoms with Gasteiger partial charge in [0.2, 0.25) is 0 Å². The highest BCUT2D eigenvalue weighted by atomic mass is 32.2. The predicted octanol–water partition coefficient (Wildman–Crippen LogP) is 4.44. The van der Waals surface area contributed by atoms with E-state index in [9.17, 15) is 4.79 Å². The van der Waals surface area contributed by atoms with Crippen molar-refractivity contribution in [2.24, 2.45) is 0 Å². The van der Waals surface area contributed by atoms with Crippen LogP contribution in [0.2, 0.25) is 0 Å². The van der Waals surface area contributed by atoms with Gasteiger partial charge in [-0.15, -0.1) is 0 Å². The summed E-state index contributed by atoms with van der Waals surface area (Å²) in [7, 11) is 3.46. The number of nitrogens with zero attached hydrogens (tertiary/aromatic N) is 3. The van der Waals surface area contributed by atoms with Crippen LogP contribution in [0.4, 0.5) is 0 Å². The Kier molecular flexibility index (Phi) is 5.86. The lowest BCUT2D eigenvalue weighted by Gasteiger charge is -2.27. The quantitative estimate of drug-likeness (QED) is 0.593. The number of benzene rings is 2. The Hall–Kier alpha value is -2.73. The van der Waals surface area contributed by atoms with Gasteiger partial charge in [-0.3, -0.25) is 9.36 Å². The topological polar surface area (TPSA) is 47.4 Å². The molecule has 140 valence electrons. The number of carbonyl (C=O) groups excluding carboxylic acids is 1. The van der Waals surface area contributed by atoms with Crippen molar-refractivity contribution in [1.29, 1.82) is 0 Å². The summed E-state index contributed by atoms with van der Waals surface area (Å²) in [6.07, 6.45) is 5.64.